The van der Waals surface area contributed by atoms with Crippen LogP contribution in [0, 0.1) is 0 Å². The summed E-state index contributed by atoms with van der Waals surface area (Å²) in [4.78, 5) is 5.51. The third-order valence-corrected chi connectivity index (χ3v) is 4.34. The number of nitrogens with zero attached hydrogens (tertiary/aromatic N) is 1. The maximum absolute atomic E-state index is 5.89. The molecule has 0 aliphatic heterocycles. The van der Waals surface area contributed by atoms with Crippen LogP contribution in [0.25, 0.3) is 0 Å². The van der Waals surface area contributed by atoms with Crippen LogP contribution in [-0.2, 0) is 5.41 Å². The quantitative estimate of drug-likeness (QED) is 0.832. The zero-order valence-corrected chi connectivity index (χ0v) is 9.27. The van der Waals surface area contributed by atoms with Crippen LogP contribution in [0.2, 0.25) is 0 Å². The van der Waals surface area contributed by atoms with E-state index in [1.165, 1.54) is 30.6 Å². The van der Waals surface area contributed by atoms with Gasteiger partial charge in [0.25, 0.3) is 5.19 Å². The molecule has 0 aromatic carbocycles. The topological polar surface area (TPSA) is 48.1 Å². The molecule has 1 saturated carbocycles. The van der Waals surface area contributed by atoms with Crippen molar-refractivity contribution in [3.63, 3.8) is 0 Å². The van der Waals surface area contributed by atoms with Crippen molar-refractivity contribution < 1.29 is 4.74 Å². The number of nitrogens with two attached hydrogens (primary N) is 1. The van der Waals surface area contributed by atoms with Gasteiger partial charge in [0.1, 0.15) is 0 Å². The van der Waals surface area contributed by atoms with Crippen molar-refractivity contribution >= 4 is 11.3 Å². The highest BCUT2D eigenvalue weighted by Crippen LogP contribution is 2.43. The molecule has 0 bridgehead atoms. The Morgan fingerprint density at radius 3 is 2.79 bits per heavy atom. The molecule has 78 valence electrons. The molecule has 1 aromatic heterocycles. The van der Waals surface area contributed by atoms with E-state index in [2.05, 4.69) is 4.98 Å². The van der Waals surface area contributed by atoms with Crippen molar-refractivity contribution in [3.05, 3.63) is 11.1 Å². The van der Waals surface area contributed by atoms with Crippen LogP contribution in [0.5, 0.6) is 5.19 Å². The SMILES string of the molecule is COc1ncc(C2(CN)CCCC2)s1. The van der Waals surface area contributed by atoms with Gasteiger partial charge in [0.05, 0.1) is 7.11 Å². The van der Waals surface area contributed by atoms with E-state index in [0.717, 1.165) is 11.7 Å². The largest absolute Gasteiger partial charge is 0.473 e. The molecule has 0 unspecified atom stereocenters. The van der Waals surface area contributed by atoms with Crippen LogP contribution in [0.15, 0.2) is 6.20 Å². The highest BCUT2D eigenvalue weighted by Gasteiger charge is 2.36. The maximum atomic E-state index is 5.89. The Bertz CT molecular complexity index is 305. The van der Waals surface area contributed by atoms with E-state index in [1.54, 1.807) is 18.4 Å². The van der Waals surface area contributed by atoms with Gasteiger partial charge in [-0.15, -0.1) is 0 Å². The van der Waals surface area contributed by atoms with Crippen molar-refractivity contribution in [1.29, 1.82) is 0 Å². The lowest BCUT2D eigenvalue weighted by Gasteiger charge is -2.24. The Balaban J connectivity index is 2.26. The van der Waals surface area contributed by atoms with Crippen molar-refractivity contribution in [2.45, 2.75) is 31.1 Å². The average molecular weight is 212 g/mol. The average Bonchev–Trinajstić information content (AvgIpc) is 2.87. The molecule has 1 heterocycles. The molecular weight excluding hydrogens is 196 g/mol. The Hall–Kier alpha value is -0.610. The first-order valence-corrected chi connectivity index (χ1v) is 5.83. The molecule has 1 fully saturated rings. The van der Waals surface area contributed by atoms with Gasteiger partial charge in [-0.2, -0.15) is 0 Å². The molecule has 0 amide bonds. The van der Waals surface area contributed by atoms with Gasteiger partial charge < -0.3 is 10.5 Å². The Morgan fingerprint density at radius 1 is 1.57 bits per heavy atom. The predicted octanol–water partition coefficient (Wildman–Crippen LogP) is 1.92. The number of ether oxygens (including phenoxy) is 1. The first-order chi connectivity index (χ1) is 6.80. The van der Waals surface area contributed by atoms with E-state index >= 15 is 0 Å². The fourth-order valence-electron chi connectivity index (χ4n) is 2.20. The minimum absolute atomic E-state index is 0.203. The monoisotopic (exact) mass is 212 g/mol. The molecule has 0 radical (unpaired) electrons. The first-order valence-electron chi connectivity index (χ1n) is 5.01. The third-order valence-electron chi connectivity index (χ3n) is 3.13. The molecule has 1 aromatic rings. The summed E-state index contributed by atoms with van der Waals surface area (Å²) in [6.45, 7) is 0.734. The third kappa shape index (κ3) is 1.53. The number of hydrogen-bond acceptors (Lipinski definition) is 4. The molecule has 1 aliphatic carbocycles. The normalized spacial score (nSPS) is 19.9. The standard InChI is InChI=1S/C10H16N2OS/c1-13-9-12-6-8(14-9)10(7-11)4-2-3-5-10/h6H,2-5,7,11H2,1H3. The summed E-state index contributed by atoms with van der Waals surface area (Å²) < 4.78 is 5.11. The molecule has 14 heavy (non-hydrogen) atoms. The maximum Gasteiger partial charge on any atom is 0.273 e. The van der Waals surface area contributed by atoms with Gasteiger partial charge in [0, 0.05) is 23.0 Å². The fourth-order valence-corrected chi connectivity index (χ4v) is 3.19. The number of aromatic nitrogens is 1. The lowest BCUT2D eigenvalue weighted by molar-refractivity contribution is 0.412. The second-order valence-corrected chi connectivity index (χ2v) is 4.88. The Labute approximate surface area is 88.3 Å². The summed E-state index contributed by atoms with van der Waals surface area (Å²) in [7, 11) is 1.66. The van der Waals surface area contributed by atoms with Crippen LogP contribution < -0.4 is 10.5 Å². The lowest BCUT2D eigenvalue weighted by atomic mass is 9.85. The Kier molecular flexibility index (Phi) is 2.74. The molecule has 0 saturated heterocycles. The molecule has 0 atom stereocenters. The summed E-state index contributed by atoms with van der Waals surface area (Å²) >= 11 is 1.64. The van der Waals surface area contributed by atoms with Crippen LogP contribution in [-0.4, -0.2) is 18.6 Å². The van der Waals surface area contributed by atoms with Crippen molar-refractivity contribution in [3.8, 4) is 5.19 Å². The molecule has 0 spiro atoms. The summed E-state index contributed by atoms with van der Waals surface area (Å²) in [5.41, 5.74) is 6.09. The van der Waals surface area contributed by atoms with Gasteiger partial charge in [-0.25, -0.2) is 4.98 Å². The second-order valence-electron chi connectivity index (χ2n) is 3.89. The van der Waals surface area contributed by atoms with E-state index in [9.17, 15) is 0 Å². The number of thiazole rings is 1. The fraction of sp³-hybridized carbons (Fsp3) is 0.700. The van der Waals surface area contributed by atoms with Gasteiger partial charge in [-0.1, -0.05) is 24.2 Å². The van der Waals surface area contributed by atoms with Gasteiger partial charge >= 0.3 is 0 Å². The van der Waals surface area contributed by atoms with Gasteiger partial charge in [0.2, 0.25) is 0 Å². The van der Waals surface area contributed by atoms with E-state index in [-0.39, 0.29) is 5.41 Å². The molecule has 4 heteroatoms. The van der Waals surface area contributed by atoms with Crippen molar-refractivity contribution in [2.75, 3.05) is 13.7 Å². The van der Waals surface area contributed by atoms with Crippen LogP contribution >= 0.6 is 11.3 Å². The van der Waals surface area contributed by atoms with E-state index in [0.29, 0.717) is 0 Å². The predicted molar refractivity (Wildman–Crippen MR) is 57.9 cm³/mol. The lowest BCUT2D eigenvalue weighted by Crippen LogP contribution is -2.30. The molecule has 3 nitrogen and oxygen atoms in total. The number of rotatable bonds is 3. The van der Waals surface area contributed by atoms with E-state index in [1.807, 2.05) is 6.20 Å². The van der Waals surface area contributed by atoms with Crippen molar-refractivity contribution in [1.82, 2.24) is 4.98 Å². The highest BCUT2D eigenvalue weighted by atomic mass is 32.1. The van der Waals surface area contributed by atoms with Crippen LogP contribution in [0.3, 0.4) is 0 Å². The highest BCUT2D eigenvalue weighted by molar-refractivity contribution is 7.13. The van der Waals surface area contributed by atoms with Gasteiger partial charge in [0.15, 0.2) is 0 Å². The second kappa shape index (κ2) is 3.87. The molecular formula is C10H16N2OS. The number of methoxy groups -OCH3 is 1. The minimum atomic E-state index is 0.203. The summed E-state index contributed by atoms with van der Waals surface area (Å²) in [6, 6.07) is 0. The van der Waals surface area contributed by atoms with Crippen molar-refractivity contribution in [2.24, 2.45) is 5.73 Å². The molecule has 2 N–H and O–H groups in total. The van der Waals surface area contributed by atoms with E-state index in [4.69, 9.17) is 10.5 Å². The van der Waals surface area contributed by atoms with E-state index < -0.39 is 0 Å². The summed E-state index contributed by atoms with van der Waals surface area (Å²) in [5, 5.41) is 0.750. The zero-order valence-electron chi connectivity index (χ0n) is 8.45. The van der Waals surface area contributed by atoms with Crippen LogP contribution in [0.4, 0.5) is 0 Å². The van der Waals surface area contributed by atoms with Gasteiger partial charge in [-0.3, -0.25) is 0 Å². The molecule has 2 rings (SSSR count). The molecule has 1 aliphatic rings. The summed E-state index contributed by atoms with van der Waals surface area (Å²) in [5.74, 6) is 0. The summed E-state index contributed by atoms with van der Waals surface area (Å²) in [6.07, 6.45) is 6.92. The van der Waals surface area contributed by atoms with Gasteiger partial charge in [-0.05, 0) is 12.8 Å². The Morgan fingerprint density at radius 2 is 2.29 bits per heavy atom. The minimum Gasteiger partial charge on any atom is -0.473 e. The number of hydrogen-bond donors (Lipinski definition) is 1. The van der Waals surface area contributed by atoms with Crippen LogP contribution in [0.1, 0.15) is 30.6 Å². The smallest absolute Gasteiger partial charge is 0.273 e. The first kappa shape index (κ1) is 9.93. The zero-order chi connectivity index (χ0) is 10.0.